The summed E-state index contributed by atoms with van der Waals surface area (Å²) < 4.78 is 16.6. The highest BCUT2D eigenvalue weighted by Crippen LogP contribution is 2.74. The molecule has 0 aromatic carbocycles. The predicted octanol–water partition coefficient (Wildman–Crippen LogP) is 5.38. The molecule has 6 heteroatoms. The van der Waals surface area contributed by atoms with E-state index in [1.807, 2.05) is 6.92 Å². The van der Waals surface area contributed by atoms with Gasteiger partial charge in [0.15, 0.2) is 0 Å². The minimum Gasteiger partial charge on any atom is -0.466 e. The third-order valence-electron chi connectivity index (χ3n) is 10.3. The van der Waals surface area contributed by atoms with Gasteiger partial charge in [-0.1, -0.05) is 26.8 Å². The lowest BCUT2D eigenvalue weighted by atomic mass is 9.40. The summed E-state index contributed by atoms with van der Waals surface area (Å²) in [6.45, 7) is 12.6. The molecule has 0 unspecified atom stereocenters. The third-order valence-corrected chi connectivity index (χ3v) is 10.3. The quantitative estimate of drug-likeness (QED) is 0.280. The zero-order valence-corrected chi connectivity index (χ0v) is 21.5. The van der Waals surface area contributed by atoms with E-state index in [0.717, 1.165) is 63.9 Å². The fraction of sp³-hybridized carbons (Fsp3) is 0.821. The number of hydrogen-bond donors (Lipinski definition) is 0. The molecule has 190 valence electrons. The largest absolute Gasteiger partial charge is 0.466 e. The SMILES string of the molecule is C=CC(=O)OCCC(=O)O[C@@H]1C[C@]23CC[C@H]4[C@@](C)(CCC[C@@]4(C)C(=O)OCC)[C@@H]2CC[C@@]1(C)C3. The Labute approximate surface area is 204 Å². The molecule has 0 N–H and O–H groups in total. The Morgan fingerprint density at radius 2 is 1.74 bits per heavy atom. The minimum absolute atomic E-state index is 0.00768. The van der Waals surface area contributed by atoms with E-state index in [1.165, 1.54) is 0 Å². The molecule has 0 heterocycles. The van der Waals surface area contributed by atoms with E-state index in [0.29, 0.717) is 18.4 Å². The summed E-state index contributed by atoms with van der Waals surface area (Å²) in [6.07, 6.45) is 10.5. The minimum atomic E-state index is -0.523. The zero-order chi connectivity index (χ0) is 24.8. The molecule has 4 aliphatic carbocycles. The summed E-state index contributed by atoms with van der Waals surface area (Å²) >= 11 is 0. The van der Waals surface area contributed by atoms with Crippen LogP contribution in [0.3, 0.4) is 0 Å². The van der Waals surface area contributed by atoms with Gasteiger partial charge in [-0.15, -0.1) is 0 Å². The first-order chi connectivity index (χ1) is 16.0. The number of carbonyl (C=O) groups is 3. The molecule has 0 radical (unpaired) electrons. The van der Waals surface area contributed by atoms with Crippen LogP contribution in [0.5, 0.6) is 0 Å². The first-order valence-electron chi connectivity index (χ1n) is 13.2. The molecule has 4 aliphatic rings. The van der Waals surface area contributed by atoms with Gasteiger partial charge in [-0.3, -0.25) is 9.59 Å². The number of esters is 3. The zero-order valence-electron chi connectivity index (χ0n) is 21.5. The maximum absolute atomic E-state index is 13.1. The van der Waals surface area contributed by atoms with Crippen LogP contribution in [-0.2, 0) is 28.6 Å². The second kappa shape index (κ2) is 8.98. The fourth-order valence-corrected chi connectivity index (χ4v) is 8.94. The maximum Gasteiger partial charge on any atom is 0.330 e. The Morgan fingerprint density at radius 1 is 1.00 bits per heavy atom. The van der Waals surface area contributed by atoms with Crippen LogP contribution >= 0.6 is 0 Å². The Kier molecular flexibility index (Phi) is 6.67. The topological polar surface area (TPSA) is 78.9 Å². The Hall–Kier alpha value is -1.85. The van der Waals surface area contributed by atoms with E-state index in [1.54, 1.807) is 0 Å². The highest BCUT2D eigenvalue weighted by atomic mass is 16.6. The molecular weight excluding hydrogens is 432 g/mol. The lowest BCUT2D eigenvalue weighted by Crippen LogP contribution is -2.58. The van der Waals surface area contributed by atoms with Crippen LogP contribution in [-0.4, -0.2) is 37.2 Å². The second-order valence-corrected chi connectivity index (χ2v) is 12.2. The van der Waals surface area contributed by atoms with Crippen molar-refractivity contribution in [1.82, 2.24) is 0 Å². The van der Waals surface area contributed by atoms with Gasteiger partial charge in [-0.2, -0.15) is 0 Å². The van der Waals surface area contributed by atoms with Gasteiger partial charge in [-0.05, 0) is 87.9 Å². The van der Waals surface area contributed by atoms with Crippen LogP contribution < -0.4 is 0 Å². The van der Waals surface area contributed by atoms with E-state index in [2.05, 4.69) is 27.4 Å². The van der Waals surface area contributed by atoms with Crippen molar-refractivity contribution in [3.8, 4) is 0 Å². The van der Waals surface area contributed by atoms with Crippen LogP contribution in [0.1, 0.15) is 91.9 Å². The fourth-order valence-electron chi connectivity index (χ4n) is 8.94. The Bertz CT molecular complexity index is 852. The van der Waals surface area contributed by atoms with Crippen molar-refractivity contribution in [3.05, 3.63) is 12.7 Å². The van der Waals surface area contributed by atoms with E-state index < -0.39 is 11.4 Å². The van der Waals surface area contributed by atoms with Crippen LogP contribution in [0.15, 0.2) is 12.7 Å². The summed E-state index contributed by atoms with van der Waals surface area (Å²) in [4.78, 5) is 36.9. The second-order valence-electron chi connectivity index (χ2n) is 12.2. The van der Waals surface area contributed by atoms with Crippen LogP contribution in [0.4, 0.5) is 0 Å². The van der Waals surface area contributed by atoms with E-state index >= 15 is 0 Å². The molecule has 0 aromatic rings. The van der Waals surface area contributed by atoms with Crippen molar-refractivity contribution < 1.29 is 28.6 Å². The van der Waals surface area contributed by atoms with Gasteiger partial charge in [-0.25, -0.2) is 4.79 Å². The van der Waals surface area contributed by atoms with Gasteiger partial charge in [0, 0.05) is 11.5 Å². The van der Waals surface area contributed by atoms with Gasteiger partial charge < -0.3 is 14.2 Å². The van der Waals surface area contributed by atoms with Crippen molar-refractivity contribution >= 4 is 17.9 Å². The summed E-state index contributed by atoms with van der Waals surface area (Å²) in [5.74, 6) is 0.0477. The standard InChI is InChI=1S/C28H42O6/c1-6-22(29)33-16-11-23(30)34-21-17-28-15-10-19-26(4,20(28)9-14-25(21,3)18-28)12-8-13-27(19,5)24(31)32-7-2/h6,19-21H,1,7-18H2,2-5H3/t19-,20-,21+,25-,26+,27+,28-/m0/s1. The molecular formula is C28H42O6. The number of hydrogen-bond acceptors (Lipinski definition) is 6. The molecule has 7 atom stereocenters. The van der Waals surface area contributed by atoms with E-state index in [9.17, 15) is 14.4 Å². The molecule has 6 nitrogen and oxygen atoms in total. The molecule has 4 fully saturated rings. The number of rotatable bonds is 7. The Balaban J connectivity index is 1.50. The van der Waals surface area contributed by atoms with E-state index in [4.69, 9.17) is 14.2 Å². The van der Waals surface area contributed by atoms with Gasteiger partial charge in [0.25, 0.3) is 0 Å². The predicted molar refractivity (Wildman–Crippen MR) is 128 cm³/mol. The smallest absolute Gasteiger partial charge is 0.330 e. The number of carbonyl (C=O) groups excluding carboxylic acids is 3. The lowest BCUT2D eigenvalue weighted by molar-refractivity contribution is -0.187. The van der Waals surface area contributed by atoms with Gasteiger partial charge in [0.1, 0.15) is 12.7 Å². The Morgan fingerprint density at radius 3 is 2.44 bits per heavy atom. The van der Waals surface area contributed by atoms with E-state index in [-0.39, 0.29) is 47.3 Å². The molecule has 0 aromatic heterocycles. The summed E-state index contributed by atoms with van der Waals surface area (Å²) in [5.41, 5.74) is -0.131. The average molecular weight is 475 g/mol. The summed E-state index contributed by atoms with van der Waals surface area (Å²) in [7, 11) is 0. The third kappa shape index (κ3) is 3.99. The van der Waals surface area contributed by atoms with Crippen LogP contribution in [0.2, 0.25) is 0 Å². The highest BCUT2D eigenvalue weighted by molar-refractivity contribution is 5.81. The molecule has 2 bridgehead atoms. The van der Waals surface area contributed by atoms with Crippen molar-refractivity contribution in [2.24, 2.45) is 33.5 Å². The molecule has 0 amide bonds. The first-order valence-corrected chi connectivity index (χ1v) is 13.2. The molecule has 0 aliphatic heterocycles. The first kappa shape index (κ1) is 25.2. The van der Waals surface area contributed by atoms with Gasteiger partial charge in [0.05, 0.1) is 18.4 Å². The summed E-state index contributed by atoms with van der Waals surface area (Å²) in [5, 5.41) is 0. The monoisotopic (exact) mass is 474 g/mol. The van der Waals surface area contributed by atoms with Crippen molar-refractivity contribution in [3.63, 3.8) is 0 Å². The molecule has 4 saturated carbocycles. The van der Waals surface area contributed by atoms with Gasteiger partial charge in [0.2, 0.25) is 0 Å². The molecule has 1 spiro atoms. The van der Waals surface area contributed by atoms with Crippen molar-refractivity contribution in [1.29, 1.82) is 0 Å². The van der Waals surface area contributed by atoms with Crippen molar-refractivity contribution in [2.75, 3.05) is 13.2 Å². The molecule has 0 saturated heterocycles. The summed E-state index contributed by atoms with van der Waals surface area (Å²) in [6, 6.07) is 0. The average Bonchev–Trinajstić information content (AvgIpc) is 2.97. The van der Waals surface area contributed by atoms with Crippen LogP contribution in [0, 0.1) is 33.5 Å². The highest BCUT2D eigenvalue weighted by Gasteiger charge is 2.68. The van der Waals surface area contributed by atoms with Crippen LogP contribution in [0.25, 0.3) is 0 Å². The van der Waals surface area contributed by atoms with Crippen molar-refractivity contribution in [2.45, 2.75) is 98.0 Å². The normalized spacial score (nSPS) is 42.6. The lowest BCUT2D eigenvalue weighted by Gasteiger charge is -2.64. The van der Waals surface area contributed by atoms with Gasteiger partial charge >= 0.3 is 17.9 Å². The molecule has 34 heavy (non-hydrogen) atoms. The molecule has 4 rings (SSSR count). The number of fused-ring (bicyclic) bond motifs is 3. The number of ether oxygens (including phenoxy) is 3. The maximum atomic E-state index is 13.1.